The molecule has 2 aromatic carbocycles. The van der Waals surface area contributed by atoms with E-state index in [2.05, 4.69) is 29.8 Å². The van der Waals surface area contributed by atoms with Crippen molar-refractivity contribution < 1.29 is 14.3 Å². The maximum atomic E-state index is 12.3. The number of hydrogen-bond acceptors (Lipinski definition) is 5. The van der Waals surface area contributed by atoms with Crippen LogP contribution < -0.4 is 10.1 Å². The van der Waals surface area contributed by atoms with Gasteiger partial charge in [-0.2, -0.15) is 0 Å². The van der Waals surface area contributed by atoms with Gasteiger partial charge in [0.25, 0.3) is 0 Å². The summed E-state index contributed by atoms with van der Waals surface area (Å²) in [5, 5.41) is 3.42. The molecule has 0 radical (unpaired) electrons. The number of ether oxygens (including phenoxy) is 2. The Morgan fingerprint density at radius 3 is 2.53 bits per heavy atom. The molecule has 3 aromatic rings. The van der Waals surface area contributed by atoms with Gasteiger partial charge in [0.2, 0.25) is 0 Å². The van der Waals surface area contributed by atoms with Gasteiger partial charge in [0, 0.05) is 12.6 Å². The van der Waals surface area contributed by atoms with Crippen LogP contribution in [0.2, 0.25) is 0 Å². The number of benzene rings is 2. The minimum Gasteiger partial charge on any atom is -0.494 e. The Morgan fingerprint density at radius 1 is 1.13 bits per heavy atom. The fraction of sp³-hybridized carbons (Fsp3) is 0.417. The topological polar surface area (TPSA) is 65.4 Å². The van der Waals surface area contributed by atoms with Crippen LogP contribution in [-0.4, -0.2) is 35.8 Å². The smallest absolute Gasteiger partial charge is 0.310 e. The minimum atomic E-state index is -0.273. The maximum absolute atomic E-state index is 12.3. The number of rotatable bonds is 10. The largest absolute Gasteiger partial charge is 0.494 e. The highest BCUT2D eigenvalue weighted by Gasteiger charge is 2.20. The summed E-state index contributed by atoms with van der Waals surface area (Å²) in [6, 6.07) is 16.3. The highest BCUT2D eigenvalue weighted by Crippen LogP contribution is 2.21. The fourth-order valence-electron chi connectivity index (χ4n) is 3.73. The van der Waals surface area contributed by atoms with Gasteiger partial charge in [-0.15, -0.1) is 0 Å². The van der Waals surface area contributed by atoms with Crippen LogP contribution in [0.3, 0.4) is 0 Å². The van der Waals surface area contributed by atoms with Crippen molar-refractivity contribution in [1.29, 1.82) is 0 Å². The molecule has 0 unspecified atom stereocenters. The molecular formula is C24H31N3O3. The summed E-state index contributed by atoms with van der Waals surface area (Å²) in [4.78, 5) is 17.1. The van der Waals surface area contributed by atoms with E-state index in [9.17, 15) is 4.79 Å². The first kappa shape index (κ1) is 21.8. The molecule has 160 valence electrons. The van der Waals surface area contributed by atoms with E-state index in [-0.39, 0.29) is 11.9 Å². The molecule has 0 spiro atoms. The number of fused-ring (bicyclic) bond motifs is 1. The van der Waals surface area contributed by atoms with E-state index in [4.69, 9.17) is 14.5 Å². The molecule has 0 aliphatic carbocycles. The molecule has 0 aliphatic rings. The van der Waals surface area contributed by atoms with Crippen LogP contribution in [0.5, 0.6) is 5.75 Å². The number of esters is 1. The van der Waals surface area contributed by atoms with Crippen molar-refractivity contribution in [1.82, 2.24) is 14.9 Å². The second-order valence-electron chi connectivity index (χ2n) is 7.61. The third kappa shape index (κ3) is 5.19. The van der Waals surface area contributed by atoms with Crippen molar-refractivity contribution in [2.45, 2.75) is 39.8 Å². The second kappa shape index (κ2) is 10.3. The van der Waals surface area contributed by atoms with Crippen LogP contribution in [0.4, 0.5) is 0 Å². The summed E-state index contributed by atoms with van der Waals surface area (Å²) in [5.74, 6) is 1.32. The Balaban J connectivity index is 1.67. The first-order chi connectivity index (χ1) is 14.5. The SMILES string of the molecule is CCOc1ccc(C[C@@H](CNCc2nc3ccccc3n2C(C)C)C(=O)OC)cc1. The number of carbonyl (C=O) groups excluding carboxylic acids is 1. The molecule has 6 nitrogen and oxygen atoms in total. The van der Waals surface area contributed by atoms with E-state index >= 15 is 0 Å². The van der Waals surface area contributed by atoms with Crippen LogP contribution >= 0.6 is 0 Å². The van der Waals surface area contributed by atoms with E-state index in [1.54, 1.807) is 0 Å². The summed E-state index contributed by atoms with van der Waals surface area (Å²) in [7, 11) is 1.44. The van der Waals surface area contributed by atoms with Crippen LogP contribution in [0.15, 0.2) is 48.5 Å². The molecule has 30 heavy (non-hydrogen) atoms. The number of aromatic nitrogens is 2. The Kier molecular flexibility index (Phi) is 7.46. The van der Waals surface area contributed by atoms with Gasteiger partial charge in [-0.05, 0) is 57.0 Å². The van der Waals surface area contributed by atoms with Gasteiger partial charge in [-0.3, -0.25) is 4.79 Å². The third-order valence-electron chi connectivity index (χ3n) is 5.11. The van der Waals surface area contributed by atoms with E-state index in [0.717, 1.165) is 28.2 Å². The van der Waals surface area contributed by atoms with E-state index in [0.29, 0.717) is 32.2 Å². The van der Waals surface area contributed by atoms with Crippen molar-refractivity contribution in [2.24, 2.45) is 5.92 Å². The summed E-state index contributed by atoms with van der Waals surface area (Å²) >= 11 is 0. The lowest BCUT2D eigenvalue weighted by Crippen LogP contribution is -2.31. The first-order valence-corrected chi connectivity index (χ1v) is 10.5. The number of nitrogens with zero attached hydrogens (tertiary/aromatic N) is 2. The number of methoxy groups -OCH3 is 1. The monoisotopic (exact) mass is 409 g/mol. The molecule has 1 atom stereocenters. The molecule has 0 bridgehead atoms. The highest BCUT2D eigenvalue weighted by molar-refractivity contribution is 5.76. The quantitative estimate of drug-likeness (QED) is 0.510. The van der Waals surface area contributed by atoms with Gasteiger partial charge in [0.1, 0.15) is 11.6 Å². The lowest BCUT2D eigenvalue weighted by Gasteiger charge is -2.17. The van der Waals surface area contributed by atoms with Crippen molar-refractivity contribution in [3.8, 4) is 5.75 Å². The number of para-hydroxylation sites is 2. The Hall–Kier alpha value is -2.86. The summed E-state index contributed by atoms with van der Waals surface area (Å²) in [6.07, 6.45) is 0.604. The minimum absolute atomic E-state index is 0.214. The van der Waals surface area contributed by atoms with Gasteiger partial charge in [-0.1, -0.05) is 24.3 Å². The summed E-state index contributed by atoms with van der Waals surface area (Å²) in [6.45, 7) is 8.00. The molecular weight excluding hydrogens is 378 g/mol. The van der Waals surface area contributed by atoms with E-state index in [1.165, 1.54) is 7.11 Å². The highest BCUT2D eigenvalue weighted by atomic mass is 16.5. The van der Waals surface area contributed by atoms with Gasteiger partial charge in [-0.25, -0.2) is 4.98 Å². The van der Waals surface area contributed by atoms with Gasteiger partial charge < -0.3 is 19.4 Å². The van der Waals surface area contributed by atoms with E-state index < -0.39 is 0 Å². The van der Waals surface area contributed by atoms with Gasteiger partial charge >= 0.3 is 5.97 Å². The van der Waals surface area contributed by atoms with Crippen LogP contribution in [0.25, 0.3) is 11.0 Å². The van der Waals surface area contributed by atoms with Crippen molar-refractivity contribution >= 4 is 17.0 Å². The first-order valence-electron chi connectivity index (χ1n) is 10.5. The number of nitrogens with one attached hydrogen (secondary N) is 1. The van der Waals surface area contributed by atoms with Gasteiger partial charge in [0.15, 0.2) is 0 Å². The molecule has 3 rings (SSSR count). The van der Waals surface area contributed by atoms with Crippen molar-refractivity contribution in [3.05, 3.63) is 59.9 Å². The number of hydrogen-bond donors (Lipinski definition) is 1. The molecule has 1 N–H and O–H groups in total. The Labute approximate surface area is 178 Å². The normalized spacial score (nSPS) is 12.3. The zero-order valence-corrected chi connectivity index (χ0v) is 18.2. The van der Waals surface area contributed by atoms with Crippen molar-refractivity contribution in [3.63, 3.8) is 0 Å². The van der Waals surface area contributed by atoms with Crippen LogP contribution in [0.1, 0.15) is 38.2 Å². The molecule has 0 fully saturated rings. The lowest BCUT2D eigenvalue weighted by molar-refractivity contribution is -0.145. The molecule has 0 saturated carbocycles. The van der Waals surface area contributed by atoms with E-state index in [1.807, 2.05) is 49.4 Å². The predicted molar refractivity (Wildman–Crippen MR) is 119 cm³/mol. The zero-order chi connectivity index (χ0) is 21.5. The number of imidazole rings is 1. The fourth-order valence-corrected chi connectivity index (χ4v) is 3.73. The molecule has 1 aromatic heterocycles. The zero-order valence-electron chi connectivity index (χ0n) is 18.2. The number of carbonyl (C=O) groups is 1. The maximum Gasteiger partial charge on any atom is 0.310 e. The summed E-state index contributed by atoms with van der Waals surface area (Å²) in [5.41, 5.74) is 3.19. The van der Waals surface area contributed by atoms with Crippen LogP contribution in [-0.2, 0) is 22.5 Å². The molecule has 0 saturated heterocycles. The predicted octanol–water partition coefficient (Wildman–Crippen LogP) is 4.14. The average Bonchev–Trinajstić information content (AvgIpc) is 3.12. The molecule has 0 amide bonds. The lowest BCUT2D eigenvalue weighted by atomic mass is 9.99. The van der Waals surface area contributed by atoms with Crippen LogP contribution in [0, 0.1) is 5.92 Å². The average molecular weight is 410 g/mol. The Bertz CT molecular complexity index is 963. The standard InChI is InChI=1S/C24H31N3O3/c1-5-30-20-12-10-18(11-13-20)14-19(24(28)29-4)15-25-16-23-26-21-8-6-7-9-22(21)27(23)17(2)3/h6-13,17,19,25H,5,14-16H2,1-4H3/t19-/m0/s1. The second-order valence-corrected chi connectivity index (χ2v) is 7.61. The van der Waals surface area contributed by atoms with Gasteiger partial charge in [0.05, 0.1) is 37.2 Å². The molecule has 6 heteroatoms. The third-order valence-corrected chi connectivity index (χ3v) is 5.11. The molecule has 0 aliphatic heterocycles. The summed E-state index contributed by atoms with van der Waals surface area (Å²) < 4.78 is 12.8. The van der Waals surface area contributed by atoms with Crippen molar-refractivity contribution in [2.75, 3.05) is 20.3 Å². The Morgan fingerprint density at radius 2 is 1.87 bits per heavy atom. The molecule has 1 heterocycles.